The van der Waals surface area contributed by atoms with Crippen LogP contribution in [-0.4, -0.2) is 58.8 Å². The zero-order valence-corrected chi connectivity index (χ0v) is 23.1. The monoisotopic (exact) mass is 555 g/mol. The zero-order chi connectivity index (χ0) is 27.3. The van der Waals surface area contributed by atoms with Crippen molar-refractivity contribution in [2.75, 3.05) is 35.3 Å². The highest BCUT2D eigenvalue weighted by molar-refractivity contribution is 7.16. The molecule has 0 spiro atoms. The Labute approximate surface area is 235 Å². The number of ether oxygens (including phenoxy) is 1. The van der Waals surface area contributed by atoms with Crippen molar-refractivity contribution in [3.63, 3.8) is 0 Å². The Morgan fingerprint density at radius 3 is 2.70 bits per heavy atom. The van der Waals surface area contributed by atoms with Gasteiger partial charge < -0.3 is 24.7 Å². The van der Waals surface area contributed by atoms with E-state index in [1.165, 1.54) is 0 Å². The first kappa shape index (κ1) is 24.9. The van der Waals surface area contributed by atoms with Gasteiger partial charge >= 0.3 is 6.01 Å². The number of nitrogens with one attached hydrogen (secondary N) is 2. The fourth-order valence-corrected chi connectivity index (χ4v) is 6.40. The summed E-state index contributed by atoms with van der Waals surface area (Å²) in [6.45, 7) is 6.47. The van der Waals surface area contributed by atoms with E-state index in [0.29, 0.717) is 36.2 Å². The molecule has 0 unspecified atom stereocenters. The number of fused-ring (bicyclic) bond motifs is 1. The predicted molar refractivity (Wildman–Crippen MR) is 154 cm³/mol. The van der Waals surface area contributed by atoms with Gasteiger partial charge in [-0.3, -0.25) is 4.79 Å². The summed E-state index contributed by atoms with van der Waals surface area (Å²) in [4.78, 5) is 25.4. The number of benzene rings is 2. The summed E-state index contributed by atoms with van der Waals surface area (Å²) in [7, 11) is 0. The molecule has 0 radical (unpaired) electrons. The van der Waals surface area contributed by atoms with Crippen molar-refractivity contribution in [1.29, 1.82) is 0 Å². The van der Waals surface area contributed by atoms with Crippen LogP contribution in [-0.2, 0) is 14.9 Å². The number of amides is 1. The molecule has 2 N–H and O–H groups in total. The number of para-hydroxylation sites is 1. The maximum absolute atomic E-state index is 13.3. The number of carbonyl (C=O) groups is 1. The van der Waals surface area contributed by atoms with Crippen LogP contribution in [0.25, 0.3) is 11.6 Å². The Morgan fingerprint density at radius 2 is 1.90 bits per heavy atom. The van der Waals surface area contributed by atoms with Crippen LogP contribution in [0.3, 0.4) is 0 Å². The van der Waals surface area contributed by atoms with Gasteiger partial charge in [0.1, 0.15) is 10.0 Å². The Morgan fingerprint density at radius 1 is 1.10 bits per heavy atom. The third-order valence-corrected chi connectivity index (χ3v) is 9.03. The Hall–Kier alpha value is -4.09. The highest BCUT2D eigenvalue weighted by Crippen LogP contribution is 2.52. The summed E-state index contributed by atoms with van der Waals surface area (Å²) in [6, 6.07) is 17.7. The quantitative estimate of drug-likeness (QED) is 0.352. The number of thiazole rings is 1. The number of hydrogen-bond acceptors (Lipinski definition) is 10. The molecule has 11 heteroatoms. The van der Waals surface area contributed by atoms with Gasteiger partial charge in [0.25, 0.3) is 11.8 Å². The first-order chi connectivity index (χ1) is 19.5. The number of carbonyl (C=O) groups excluding carboxylic acids is 1. The summed E-state index contributed by atoms with van der Waals surface area (Å²) < 4.78 is 11.8. The minimum Gasteiger partial charge on any atom is -0.402 e. The maximum atomic E-state index is 13.3. The standard InChI is InChI=1S/C29H29N7O3S/c1-17-16-38-15-14-36(17)26-22(32-27(40-26)29(2)12-13-29)25-34-35-28(39-25)33-23-24(37)30-20-11-7-6-10-19(20)21(31-23)18-8-4-3-5-9-18/h3-11,17,23H,12-16H2,1-2H3,(H,30,37)(H,33,35)/t17-,23-/m1/s1. The third-order valence-electron chi connectivity index (χ3n) is 7.64. The summed E-state index contributed by atoms with van der Waals surface area (Å²) in [5.41, 5.74) is 3.90. The second-order valence-corrected chi connectivity index (χ2v) is 11.7. The number of hydrogen-bond donors (Lipinski definition) is 2. The molecule has 4 heterocycles. The molecule has 2 aromatic heterocycles. The van der Waals surface area contributed by atoms with E-state index in [9.17, 15) is 4.79 Å². The minimum atomic E-state index is -0.981. The Bertz CT molecular complexity index is 1590. The molecule has 3 aliphatic rings. The van der Waals surface area contributed by atoms with Crippen molar-refractivity contribution < 1.29 is 13.9 Å². The average Bonchev–Trinajstić information content (AvgIpc) is 3.37. The lowest BCUT2D eigenvalue weighted by Gasteiger charge is -2.34. The molecule has 0 bridgehead atoms. The number of benzodiazepines with no additional fused rings is 1. The molecule has 2 aromatic carbocycles. The Balaban J connectivity index is 1.22. The van der Waals surface area contributed by atoms with Crippen LogP contribution in [0.1, 0.15) is 42.8 Å². The first-order valence-corrected chi connectivity index (χ1v) is 14.3. The van der Waals surface area contributed by atoms with Gasteiger partial charge in [-0.05, 0) is 25.8 Å². The fourth-order valence-electron chi connectivity index (χ4n) is 5.01. The van der Waals surface area contributed by atoms with Gasteiger partial charge in [-0.25, -0.2) is 9.98 Å². The fraction of sp³-hybridized carbons (Fsp3) is 0.345. The molecular weight excluding hydrogens is 526 g/mol. The molecule has 2 fully saturated rings. The van der Waals surface area contributed by atoms with E-state index in [1.54, 1.807) is 11.3 Å². The maximum Gasteiger partial charge on any atom is 0.317 e. The van der Waals surface area contributed by atoms with Crippen molar-refractivity contribution in [2.45, 2.75) is 44.3 Å². The topological polar surface area (TPSA) is 118 Å². The third kappa shape index (κ3) is 4.54. The SMILES string of the molecule is C[C@@H]1COCCN1c1sc(C2(C)CC2)nc1-c1nnc(N[C@H]2N=C(c3ccccc3)c3ccccc3NC2=O)o1. The highest BCUT2D eigenvalue weighted by atomic mass is 32.1. The number of aromatic nitrogens is 3. The van der Waals surface area contributed by atoms with E-state index in [4.69, 9.17) is 19.1 Å². The van der Waals surface area contributed by atoms with Crippen LogP contribution < -0.4 is 15.5 Å². The summed E-state index contributed by atoms with van der Waals surface area (Å²) in [5, 5.41) is 16.7. The van der Waals surface area contributed by atoms with Crippen LogP contribution in [0.2, 0.25) is 0 Å². The average molecular weight is 556 g/mol. The molecule has 4 aromatic rings. The second kappa shape index (κ2) is 9.83. The number of aliphatic imine (C=N–C) groups is 1. The van der Waals surface area contributed by atoms with Gasteiger partial charge in [-0.2, -0.15) is 0 Å². The Kier molecular flexibility index (Phi) is 6.12. The molecule has 40 heavy (non-hydrogen) atoms. The number of anilines is 3. The van der Waals surface area contributed by atoms with Gasteiger partial charge in [0.05, 0.1) is 30.7 Å². The summed E-state index contributed by atoms with van der Waals surface area (Å²) >= 11 is 1.70. The van der Waals surface area contributed by atoms with Crippen LogP contribution in [0, 0.1) is 0 Å². The molecule has 7 rings (SSSR count). The van der Waals surface area contributed by atoms with Gasteiger partial charge in [-0.1, -0.05) is 60.6 Å². The predicted octanol–water partition coefficient (Wildman–Crippen LogP) is 4.70. The van der Waals surface area contributed by atoms with Crippen LogP contribution in [0.4, 0.5) is 16.7 Å². The van der Waals surface area contributed by atoms with Crippen LogP contribution in [0.5, 0.6) is 0 Å². The lowest BCUT2D eigenvalue weighted by atomic mass is 10.0. The molecule has 2 aliphatic heterocycles. The van der Waals surface area contributed by atoms with Gasteiger partial charge in [0, 0.05) is 23.1 Å². The molecular formula is C29H29N7O3S. The lowest BCUT2D eigenvalue weighted by Crippen LogP contribution is -2.43. The van der Waals surface area contributed by atoms with E-state index >= 15 is 0 Å². The molecule has 1 saturated heterocycles. The van der Waals surface area contributed by atoms with E-state index in [-0.39, 0.29) is 23.4 Å². The van der Waals surface area contributed by atoms with Gasteiger partial charge in [-0.15, -0.1) is 16.4 Å². The first-order valence-electron chi connectivity index (χ1n) is 13.5. The molecule has 2 atom stereocenters. The molecule has 1 saturated carbocycles. The van der Waals surface area contributed by atoms with Crippen LogP contribution >= 0.6 is 11.3 Å². The summed E-state index contributed by atoms with van der Waals surface area (Å²) in [6.07, 6.45) is 1.26. The smallest absolute Gasteiger partial charge is 0.317 e. The van der Waals surface area contributed by atoms with Crippen molar-refractivity contribution in [3.8, 4) is 11.6 Å². The largest absolute Gasteiger partial charge is 0.402 e. The van der Waals surface area contributed by atoms with Crippen molar-refractivity contribution in [1.82, 2.24) is 15.2 Å². The van der Waals surface area contributed by atoms with Gasteiger partial charge in [0.2, 0.25) is 6.17 Å². The zero-order valence-electron chi connectivity index (χ0n) is 22.3. The van der Waals surface area contributed by atoms with Crippen LogP contribution in [0.15, 0.2) is 64.0 Å². The van der Waals surface area contributed by atoms with E-state index < -0.39 is 6.17 Å². The van der Waals surface area contributed by atoms with E-state index in [1.807, 2.05) is 54.6 Å². The van der Waals surface area contributed by atoms with E-state index in [0.717, 1.165) is 40.5 Å². The lowest BCUT2D eigenvalue weighted by molar-refractivity contribution is -0.116. The van der Waals surface area contributed by atoms with Gasteiger partial charge in [0.15, 0.2) is 5.69 Å². The van der Waals surface area contributed by atoms with Crippen molar-refractivity contribution >= 4 is 39.7 Å². The molecule has 204 valence electrons. The molecule has 1 amide bonds. The molecule has 10 nitrogen and oxygen atoms in total. The summed E-state index contributed by atoms with van der Waals surface area (Å²) in [5.74, 6) is -0.00825. The number of morpholine rings is 1. The number of rotatable bonds is 6. The molecule has 1 aliphatic carbocycles. The van der Waals surface area contributed by atoms with E-state index in [2.05, 4.69) is 39.6 Å². The minimum absolute atomic E-state index is 0.101. The second-order valence-electron chi connectivity index (χ2n) is 10.7. The number of nitrogens with zero attached hydrogens (tertiary/aromatic N) is 5. The van der Waals surface area contributed by atoms with Crippen molar-refractivity contribution in [3.05, 3.63) is 70.7 Å². The highest BCUT2D eigenvalue weighted by Gasteiger charge is 2.44. The van der Waals surface area contributed by atoms with Crippen molar-refractivity contribution in [2.24, 2.45) is 4.99 Å². The normalized spacial score (nSPS) is 21.7.